The highest BCUT2D eigenvalue weighted by atomic mass is 79.9. The molecule has 3 rings (SSSR count). The van der Waals surface area contributed by atoms with Crippen molar-refractivity contribution in [2.45, 2.75) is 0 Å². The fraction of sp³-hybridized carbons (Fsp3) is 0. The first kappa shape index (κ1) is 16.1. The summed E-state index contributed by atoms with van der Waals surface area (Å²) in [4.78, 5) is 19.9. The highest BCUT2D eigenvalue weighted by Gasteiger charge is 2.09. The summed E-state index contributed by atoms with van der Waals surface area (Å²) in [6.07, 6.45) is 4.28. The Labute approximate surface area is 145 Å². The summed E-state index contributed by atoms with van der Waals surface area (Å²) in [7, 11) is 0. The Hall–Kier alpha value is -2.80. The Balaban J connectivity index is 1.80. The lowest BCUT2D eigenvalue weighted by atomic mass is 10.2. The van der Waals surface area contributed by atoms with E-state index in [1.165, 1.54) is 36.9 Å². The molecule has 24 heavy (non-hydrogen) atoms. The van der Waals surface area contributed by atoms with Crippen LogP contribution in [0.1, 0.15) is 10.4 Å². The number of amides is 1. The average molecular weight is 388 g/mol. The smallest absolute Gasteiger partial charge is 0.255 e. The lowest BCUT2D eigenvalue weighted by molar-refractivity contribution is 0.102. The number of carbonyl (C=O) groups excluding carboxylic acids is 1. The molecule has 0 saturated carbocycles. The van der Waals surface area contributed by atoms with E-state index in [4.69, 9.17) is 4.74 Å². The molecule has 5 nitrogen and oxygen atoms in total. The topological polar surface area (TPSA) is 64.1 Å². The first-order valence-corrected chi connectivity index (χ1v) is 7.70. The summed E-state index contributed by atoms with van der Waals surface area (Å²) in [5, 5.41) is 2.64. The van der Waals surface area contributed by atoms with Crippen LogP contribution in [0.25, 0.3) is 0 Å². The van der Waals surface area contributed by atoms with Crippen LogP contribution in [0, 0.1) is 5.82 Å². The number of benzene rings is 2. The van der Waals surface area contributed by atoms with Crippen LogP contribution in [0.2, 0.25) is 0 Å². The fourth-order valence-electron chi connectivity index (χ4n) is 2.00. The monoisotopic (exact) mass is 387 g/mol. The molecule has 0 unspecified atom stereocenters. The Morgan fingerprint density at radius 3 is 2.62 bits per heavy atom. The number of halogens is 2. The van der Waals surface area contributed by atoms with Crippen molar-refractivity contribution < 1.29 is 13.9 Å². The number of hydrogen-bond acceptors (Lipinski definition) is 4. The van der Waals surface area contributed by atoms with Crippen molar-refractivity contribution in [2.75, 3.05) is 5.32 Å². The number of carbonyl (C=O) groups is 1. The average Bonchev–Trinajstić information content (AvgIpc) is 2.55. The summed E-state index contributed by atoms with van der Waals surface area (Å²) in [6, 6.07) is 10.8. The first-order chi connectivity index (χ1) is 11.6. The number of anilines is 1. The zero-order chi connectivity index (χ0) is 16.9. The van der Waals surface area contributed by atoms with Gasteiger partial charge in [-0.1, -0.05) is 22.0 Å². The van der Waals surface area contributed by atoms with Crippen molar-refractivity contribution in [1.82, 2.24) is 9.97 Å². The van der Waals surface area contributed by atoms with Crippen molar-refractivity contribution in [3.05, 3.63) is 77.0 Å². The van der Waals surface area contributed by atoms with E-state index in [0.717, 1.165) is 4.47 Å². The molecule has 0 aliphatic heterocycles. The minimum atomic E-state index is -0.533. The number of nitrogens with zero attached hydrogens (tertiary/aromatic N) is 2. The second-order valence-corrected chi connectivity index (χ2v) is 5.73. The SMILES string of the molecule is O=C(Nc1cc(F)cc(Oc2cncnc2)c1)c1cccc(Br)c1. The van der Waals surface area contributed by atoms with Gasteiger partial charge in [0.25, 0.3) is 5.91 Å². The zero-order valence-electron chi connectivity index (χ0n) is 12.2. The van der Waals surface area contributed by atoms with Crippen LogP contribution in [0.5, 0.6) is 11.5 Å². The highest BCUT2D eigenvalue weighted by molar-refractivity contribution is 9.10. The first-order valence-electron chi connectivity index (χ1n) is 6.90. The second-order valence-electron chi connectivity index (χ2n) is 4.82. The Morgan fingerprint density at radius 1 is 1.08 bits per heavy atom. The van der Waals surface area contributed by atoms with Gasteiger partial charge in [-0.25, -0.2) is 14.4 Å². The van der Waals surface area contributed by atoms with Crippen molar-refractivity contribution >= 4 is 27.5 Å². The quantitative estimate of drug-likeness (QED) is 0.719. The molecule has 0 fully saturated rings. The maximum Gasteiger partial charge on any atom is 0.255 e. The molecule has 0 atom stereocenters. The fourth-order valence-corrected chi connectivity index (χ4v) is 2.40. The van der Waals surface area contributed by atoms with Gasteiger partial charge in [-0.15, -0.1) is 0 Å². The van der Waals surface area contributed by atoms with Crippen LogP contribution >= 0.6 is 15.9 Å². The van der Waals surface area contributed by atoms with Gasteiger partial charge in [0.05, 0.1) is 12.4 Å². The van der Waals surface area contributed by atoms with Crippen LogP contribution < -0.4 is 10.1 Å². The predicted octanol–water partition coefficient (Wildman–Crippen LogP) is 4.42. The number of aromatic nitrogens is 2. The lowest BCUT2D eigenvalue weighted by Gasteiger charge is -2.09. The molecule has 0 spiro atoms. The molecule has 7 heteroatoms. The summed E-state index contributed by atoms with van der Waals surface area (Å²) >= 11 is 3.30. The van der Waals surface area contributed by atoms with Crippen LogP contribution in [0.4, 0.5) is 10.1 Å². The van der Waals surface area contributed by atoms with E-state index < -0.39 is 5.82 Å². The van der Waals surface area contributed by atoms with Gasteiger partial charge in [-0.2, -0.15) is 0 Å². The van der Waals surface area contributed by atoms with Crippen molar-refractivity contribution in [1.29, 1.82) is 0 Å². The van der Waals surface area contributed by atoms with Gasteiger partial charge < -0.3 is 10.1 Å². The molecular formula is C17H11BrFN3O2. The Morgan fingerprint density at radius 2 is 1.88 bits per heavy atom. The minimum absolute atomic E-state index is 0.231. The van der Waals surface area contributed by atoms with E-state index >= 15 is 0 Å². The summed E-state index contributed by atoms with van der Waals surface area (Å²) < 4.78 is 20.0. The van der Waals surface area contributed by atoms with E-state index in [9.17, 15) is 9.18 Å². The molecule has 1 heterocycles. The van der Waals surface area contributed by atoms with Gasteiger partial charge in [-0.05, 0) is 24.3 Å². The molecule has 3 aromatic rings. The van der Waals surface area contributed by atoms with E-state index in [0.29, 0.717) is 11.3 Å². The van der Waals surface area contributed by atoms with E-state index in [1.807, 2.05) is 6.07 Å². The third-order valence-corrected chi connectivity index (χ3v) is 3.48. The summed E-state index contributed by atoms with van der Waals surface area (Å²) in [5.74, 6) is -0.286. The maximum absolute atomic E-state index is 13.8. The Kier molecular flexibility index (Phi) is 4.81. The van der Waals surface area contributed by atoms with E-state index in [-0.39, 0.29) is 17.3 Å². The minimum Gasteiger partial charge on any atom is -0.454 e. The summed E-state index contributed by atoms with van der Waals surface area (Å²) in [5.41, 5.74) is 0.736. The molecular weight excluding hydrogens is 377 g/mol. The number of rotatable bonds is 4. The van der Waals surface area contributed by atoms with Crippen LogP contribution in [0.3, 0.4) is 0 Å². The highest BCUT2D eigenvalue weighted by Crippen LogP contribution is 2.25. The molecule has 0 bridgehead atoms. The molecule has 0 aliphatic rings. The maximum atomic E-state index is 13.8. The van der Waals surface area contributed by atoms with Crippen molar-refractivity contribution in [2.24, 2.45) is 0 Å². The molecule has 0 saturated heterocycles. The van der Waals surface area contributed by atoms with Crippen molar-refractivity contribution in [3.63, 3.8) is 0 Å². The normalized spacial score (nSPS) is 10.2. The lowest BCUT2D eigenvalue weighted by Crippen LogP contribution is -2.12. The van der Waals surface area contributed by atoms with E-state index in [1.54, 1.807) is 18.2 Å². The largest absolute Gasteiger partial charge is 0.454 e. The number of hydrogen-bond donors (Lipinski definition) is 1. The van der Waals surface area contributed by atoms with E-state index in [2.05, 4.69) is 31.2 Å². The van der Waals surface area contributed by atoms with Crippen LogP contribution in [0.15, 0.2) is 65.7 Å². The van der Waals surface area contributed by atoms with Gasteiger partial charge in [0.1, 0.15) is 17.9 Å². The van der Waals surface area contributed by atoms with Crippen molar-refractivity contribution in [3.8, 4) is 11.5 Å². The van der Waals surface area contributed by atoms with Gasteiger partial charge >= 0.3 is 0 Å². The van der Waals surface area contributed by atoms with Gasteiger partial charge in [0.15, 0.2) is 5.75 Å². The Bertz CT molecular complexity index is 875. The third-order valence-electron chi connectivity index (χ3n) is 2.99. The molecule has 0 radical (unpaired) electrons. The molecule has 1 amide bonds. The molecule has 1 N–H and O–H groups in total. The number of nitrogens with one attached hydrogen (secondary N) is 1. The predicted molar refractivity (Wildman–Crippen MR) is 90.6 cm³/mol. The van der Waals surface area contributed by atoms with Gasteiger partial charge in [-0.3, -0.25) is 4.79 Å². The van der Waals surface area contributed by atoms with Gasteiger partial charge in [0, 0.05) is 27.9 Å². The third kappa shape index (κ3) is 4.14. The standard InChI is InChI=1S/C17H11BrFN3O2/c18-12-3-1-2-11(4-12)17(23)22-14-5-13(19)6-15(7-14)24-16-8-20-10-21-9-16/h1-10H,(H,22,23). The van der Waals surface area contributed by atoms with Crippen LogP contribution in [-0.2, 0) is 0 Å². The van der Waals surface area contributed by atoms with Crippen LogP contribution in [-0.4, -0.2) is 15.9 Å². The molecule has 0 aliphatic carbocycles. The summed E-state index contributed by atoms with van der Waals surface area (Å²) in [6.45, 7) is 0. The number of ether oxygens (including phenoxy) is 1. The molecule has 120 valence electrons. The molecule has 1 aromatic heterocycles. The zero-order valence-corrected chi connectivity index (χ0v) is 13.8. The molecule has 2 aromatic carbocycles. The second kappa shape index (κ2) is 7.18. The van der Waals surface area contributed by atoms with Gasteiger partial charge in [0.2, 0.25) is 0 Å².